The van der Waals surface area contributed by atoms with Crippen molar-refractivity contribution in [2.24, 2.45) is 5.92 Å². The second-order valence-electron chi connectivity index (χ2n) is 5.73. The Bertz CT molecular complexity index is 446. The summed E-state index contributed by atoms with van der Waals surface area (Å²) < 4.78 is 0. The SMILES string of the molecule is CCC1CCCN(CCC(=O)c2cccc(Cl)c2)CC1. The van der Waals surface area contributed by atoms with E-state index in [1.165, 1.54) is 25.7 Å². The van der Waals surface area contributed by atoms with E-state index in [-0.39, 0.29) is 5.78 Å². The van der Waals surface area contributed by atoms with Crippen LogP contribution in [-0.4, -0.2) is 30.3 Å². The van der Waals surface area contributed by atoms with Crippen molar-refractivity contribution in [2.45, 2.75) is 39.0 Å². The zero-order valence-electron chi connectivity index (χ0n) is 12.3. The number of rotatable bonds is 5. The van der Waals surface area contributed by atoms with Crippen LogP contribution in [0.4, 0.5) is 0 Å². The lowest BCUT2D eigenvalue weighted by atomic mass is 9.98. The minimum absolute atomic E-state index is 0.198. The van der Waals surface area contributed by atoms with Gasteiger partial charge in [0.1, 0.15) is 0 Å². The molecule has 2 rings (SSSR count). The summed E-state index contributed by atoms with van der Waals surface area (Å²) >= 11 is 5.93. The molecule has 0 radical (unpaired) electrons. The Labute approximate surface area is 127 Å². The van der Waals surface area contributed by atoms with Crippen LogP contribution < -0.4 is 0 Å². The van der Waals surface area contributed by atoms with Gasteiger partial charge in [0.2, 0.25) is 0 Å². The molecule has 0 saturated carbocycles. The first kappa shape index (κ1) is 15.5. The van der Waals surface area contributed by atoms with Gasteiger partial charge >= 0.3 is 0 Å². The van der Waals surface area contributed by atoms with Gasteiger partial charge in [-0.3, -0.25) is 4.79 Å². The zero-order chi connectivity index (χ0) is 14.4. The molecule has 0 aromatic heterocycles. The number of carbonyl (C=O) groups is 1. The van der Waals surface area contributed by atoms with Crippen LogP contribution in [0.3, 0.4) is 0 Å². The van der Waals surface area contributed by atoms with Crippen molar-refractivity contribution >= 4 is 17.4 Å². The zero-order valence-corrected chi connectivity index (χ0v) is 13.0. The summed E-state index contributed by atoms with van der Waals surface area (Å²) in [5.41, 5.74) is 0.735. The molecule has 0 bridgehead atoms. The van der Waals surface area contributed by atoms with E-state index in [9.17, 15) is 4.79 Å². The fraction of sp³-hybridized carbons (Fsp3) is 0.588. The Balaban J connectivity index is 1.81. The number of hydrogen-bond donors (Lipinski definition) is 0. The molecular weight excluding hydrogens is 270 g/mol. The Hall–Kier alpha value is -0.860. The summed E-state index contributed by atoms with van der Waals surface area (Å²) in [6, 6.07) is 7.26. The van der Waals surface area contributed by atoms with Crippen LogP contribution in [0, 0.1) is 5.92 Å². The lowest BCUT2D eigenvalue weighted by Gasteiger charge is -2.19. The predicted molar refractivity (Wildman–Crippen MR) is 84.5 cm³/mol. The maximum Gasteiger partial charge on any atom is 0.164 e. The minimum Gasteiger partial charge on any atom is -0.303 e. The van der Waals surface area contributed by atoms with Gasteiger partial charge in [-0.15, -0.1) is 0 Å². The third kappa shape index (κ3) is 4.60. The number of Topliss-reactive ketones (excluding diaryl/α,β-unsaturated/α-hetero) is 1. The van der Waals surface area contributed by atoms with Crippen molar-refractivity contribution in [2.75, 3.05) is 19.6 Å². The maximum absolute atomic E-state index is 12.2. The number of ketones is 1. The molecule has 1 fully saturated rings. The van der Waals surface area contributed by atoms with Gasteiger partial charge in [-0.25, -0.2) is 0 Å². The molecule has 0 amide bonds. The van der Waals surface area contributed by atoms with Crippen molar-refractivity contribution in [3.05, 3.63) is 34.9 Å². The van der Waals surface area contributed by atoms with Crippen LogP contribution in [0.25, 0.3) is 0 Å². The van der Waals surface area contributed by atoms with E-state index in [1.807, 2.05) is 12.1 Å². The summed E-state index contributed by atoms with van der Waals surface area (Å²) in [5, 5.41) is 0.636. The molecule has 0 spiro atoms. The molecule has 1 saturated heterocycles. The molecule has 1 heterocycles. The maximum atomic E-state index is 12.2. The van der Waals surface area contributed by atoms with E-state index >= 15 is 0 Å². The molecule has 1 unspecified atom stereocenters. The van der Waals surface area contributed by atoms with Crippen molar-refractivity contribution in [1.29, 1.82) is 0 Å². The minimum atomic E-state index is 0.198. The van der Waals surface area contributed by atoms with Crippen molar-refractivity contribution < 1.29 is 4.79 Å². The van der Waals surface area contributed by atoms with Crippen LogP contribution >= 0.6 is 11.6 Å². The lowest BCUT2D eigenvalue weighted by molar-refractivity contribution is 0.0964. The standard InChI is InChI=1S/C17H24ClNO/c1-2-14-5-4-10-19(11-8-14)12-9-17(20)15-6-3-7-16(18)13-15/h3,6-7,13-14H,2,4-5,8-12H2,1H3. The smallest absolute Gasteiger partial charge is 0.164 e. The number of carbonyl (C=O) groups excluding carboxylic acids is 1. The van der Waals surface area contributed by atoms with Gasteiger partial charge in [-0.05, 0) is 50.4 Å². The highest BCUT2D eigenvalue weighted by Gasteiger charge is 2.16. The first-order valence-electron chi connectivity index (χ1n) is 7.70. The number of nitrogens with zero attached hydrogens (tertiary/aromatic N) is 1. The molecule has 1 aliphatic rings. The third-order valence-electron chi connectivity index (χ3n) is 4.32. The van der Waals surface area contributed by atoms with Gasteiger partial charge in [0.15, 0.2) is 5.78 Å². The van der Waals surface area contributed by atoms with E-state index in [4.69, 9.17) is 11.6 Å². The quantitative estimate of drug-likeness (QED) is 0.749. The summed E-state index contributed by atoms with van der Waals surface area (Å²) in [6.45, 7) is 5.44. The van der Waals surface area contributed by atoms with Gasteiger partial charge < -0.3 is 4.90 Å². The second-order valence-corrected chi connectivity index (χ2v) is 6.17. The van der Waals surface area contributed by atoms with Gasteiger partial charge in [0, 0.05) is 23.6 Å². The second kappa shape index (κ2) is 7.80. The molecule has 1 aromatic carbocycles. The average Bonchev–Trinajstić information content (AvgIpc) is 2.69. The molecule has 110 valence electrons. The van der Waals surface area contributed by atoms with Crippen LogP contribution in [-0.2, 0) is 0 Å². The predicted octanol–water partition coefficient (Wildman–Crippen LogP) is 4.42. The largest absolute Gasteiger partial charge is 0.303 e. The first-order valence-corrected chi connectivity index (χ1v) is 8.08. The molecule has 20 heavy (non-hydrogen) atoms. The number of halogens is 1. The normalized spacial score (nSPS) is 20.6. The fourth-order valence-corrected chi connectivity index (χ4v) is 3.11. The number of benzene rings is 1. The summed E-state index contributed by atoms with van der Waals surface area (Å²) in [7, 11) is 0. The molecule has 3 heteroatoms. The van der Waals surface area contributed by atoms with Gasteiger partial charge in [-0.2, -0.15) is 0 Å². The third-order valence-corrected chi connectivity index (χ3v) is 4.55. The highest BCUT2D eigenvalue weighted by Crippen LogP contribution is 2.20. The van der Waals surface area contributed by atoms with Crippen LogP contribution in [0.15, 0.2) is 24.3 Å². The van der Waals surface area contributed by atoms with E-state index in [1.54, 1.807) is 12.1 Å². The van der Waals surface area contributed by atoms with E-state index < -0.39 is 0 Å². The van der Waals surface area contributed by atoms with E-state index in [2.05, 4.69) is 11.8 Å². The molecular formula is C17H24ClNO. The van der Waals surface area contributed by atoms with Crippen molar-refractivity contribution in [1.82, 2.24) is 4.90 Å². The molecule has 1 aliphatic heterocycles. The lowest BCUT2D eigenvalue weighted by Crippen LogP contribution is -2.27. The van der Waals surface area contributed by atoms with E-state index in [0.717, 1.165) is 31.1 Å². The fourth-order valence-electron chi connectivity index (χ4n) is 2.92. The molecule has 0 N–H and O–H groups in total. The number of hydrogen-bond acceptors (Lipinski definition) is 2. The summed E-state index contributed by atoms with van der Waals surface area (Å²) in [5.74, 6) is 1.08. The molecule has 0 aliphatic carbocycles. The average molecular weight is 294 g/mol. The Morgan fingerprint density at radius 2 is 2.20 bits per heavy atom. The van der Waals surface area contributed by atoms with Crippen molar-refractivity contribution in [3.8, 4) is 0 Å². The Morgan fingerprint density at radius 3 is 2.95 bits per heavy atom. The summed E-state index contributed by atoms with van der Waals surface area (Å²) in [6.07, 6.45) is 5.77. The van der Waals surface area contributed by atoms with E-state index in [0.29, 0.717) is 11.4 Å². The van der Waals surface area contributed by atoms with Gasteiger partial charge in [0.25, 0.3) is 0 Å². The van der Waals surface area contributed by atoms with Gasteiger partial charge in [-0.1, -0.05) is 37.1 Å². The van der Waals surface area contributed by atoms with Crippen molar-refractivity contribution in [3.63, 3.8) is 0 Å². The Morgan fingerprint density at radius 1 is 1.35 bits per heavy atom. The number of likely N-dealkylation sites (tertiary alicyclic amines) is 1. The first-order chi connectivity index (χ1) is 9.69. The Kier molecular flexibility index (Phi) is 6.06. The van der Waals surface area contributed by atoms with Crippen LogP contribution in [0.5, 0.6) is 0 Å². The topological polar surface area (TPSA) is 20.3 Å². The highest BCUT2D eigenvalue weighted by molar-refractivity contribution is 6.31. The molecule has 2 nitrogen and oxygen atoms in total. The van der Waals surface area contributed by atoms with Gasteiger partial charge in [0.05, 0.1) is 0 Å². The monoisotopic (exact) mass is 293 g/mol. The van der Waals surface area contributed by atoms with Crippen LogP contribution in [0.1, 0.15) is 49.4 Å². The highest BCUT2D eigenvalue weighted by atomic mass is 35.5. The summed E-state index contributed by atoms with van der Waals surface area (Å²) in [4.78, 5) is 14.6. The van der Waals surface area contributed by atoms with Crippen LogP contribution in [0.2, 0.25) is 5.02 Å². The molecule has 1 aromatic rings. The molecule has 1 atom stereocenters.